The summed E-state index contributed by atoms with van der Waals surface area (Å²) >= 11 is 0.878. The Morgan fingerprint density at radius 3 is 2.62 bits per heavy atom. The molecule has 1 unspecified atom stereocenters. The molecule has 0 aliphatic rings. The van der Waals surface area contributed by atoms with Gasteiger partial charge in [-0.15, -0.1) is 5.10 Å². The van der Waals surface area contributed by atoms with Crippen LogP contribution in [0, 0.1) is 0 Å². The summed E-state index contributed by atoms with van der Waals surface area (Å²) in [6, 6.07) is 4.01. The van der Waals surface area contributed by atoms with Crippen LogP contribution in [0.15, 0.2) is 28.3 Å². The highest BCUT2D eigenvalue weighted by molar-refractivity contribution is 7.99. The van der Waals surface area contributed by atoms with E-state index in [1.54, 1.807) is 20.0 Å². The normalized spacial score (nSPS) is 13.4. The fourth-order valence-electron chi connectivity index (χ4n) is 1.79. The van der Waals surface area contributed by atoms with Crippen molar-refractivity contribution in [2.45, 2.75) is 35.6 Å². The first-order valence-corrected chi connectivity index (χ1v) is 6.95. The number of aromatic nitrogens is 4. The topological polar surface area (TPSA) is 69.6 Å². The van der Waals surface area contributed by atoms with Crippen LogP contribution in [0.2, 0.25) is 0 Å². The van der Waals surface area contributed by atoms with E-state index in [9.17, 15) is 13.2 Å². The van der Waals surface area contributed by atoms with E-state index in [1.165, 1.54) is 10.7 Å². The molecule has 5 nitrogen and oxygen atoms in total. The van der Waals surface area contributed by atoms with Crippen LogP contribution in [0.3, 0.4) is 0 Å². The predicted molar refractivity (Wildman–Crippen MR) is 71.7 cm³/mol. The van der Waals surface area contributed by atoms with Gasteiger partial charge in [0.25, 0.3) is 0 Å². The Balaban J connectivity index is 2.38. The number of aryl methyl sites for hydroxylation is 1. The molecule has 1 atom stereocenters. The molecule has 1 heterocycles. The van der Waals surface area contributed by atoms with E-state index in [2.05, 4.69) is 15.5 Å². The van der Waals surface area contributed by atoms with Crippen molar-refractivity contribution in [2.75, 3.05) is 0 Å². The van der Waals surface area contributed by atoms with Gasteiger partial charge in [0.1, 0.15) is 0 Å². The molecule has 0 saturated carbocycles. The van der Waals surface area contributed by atoms with Crippen molar-refractivity contribution >= 4 is 11.8 Å². The highest BCUT2D eigenvalue weighted by Crippen LogP contribution is 2.39. The van der Waals surface area contributed by atoms with Crippen LogP contribution in [0.1, 0.15) is 18.1 Å². The van der Waals surface area contributed by atoms with Crippen molar-refractivity contribution in [3.05, 3.63) is 29.3 Å². The number of nitrogens with zero attached hydrogens (tertiary/aromatic N) is 4. The van der Waals surface area contributed by atoms with Gasteiger partial charge < -0.3 is 5.73 Å². The SMILES string of the molecule is CC(N)Cc1ccc(Sc2nnnn2C)c(C(F)(F)F)c1. The van der Waals surface area contributed by atoms with E-state index in [4.69, 9.17) is 5.73 Å². The van der Waals surface area contributed by atoms with Crippen LogP contribution in [0.25, 0.3) is 0 Å². The van der Waals surface area contributed by atoms with Gasteiger partial charge in [-0.05, 0) is 53.2 Å². The number of rotatable bonds is 4. The van der Waals surface area contributed by atoms with Crippen molar-refractivity contribution in [2.24, 2.45) is 12.8 Å². The Labute approximate surface area is 123 Å². The van der Waals surface area contributed by atoms with Crippen LogP contribution in [0.4, 0.5) is 13.2 Å². The molecule has 2 aromatic rings. The third kappa shape index (κ3) is 3.94. The zero-order chi connectivity index (χ0) is 15.6. The molecule has 0 aliphatic heterocycles. The minimum atomic E-state index is -4.44. The Morgan fingerprint density at radius 2 is 2.10 bits per heavy atom. The monoisotopic (exact) mass is 317 g/mol. The highest BCUT2D eigenvalue weighted by atomic mass is 32.2. The van der Waals surface area contributed by atoms with Gasteiger partial charge in [0.15, 0.2) is 0 Å². The van der Waals surface area contributed by atoms with Gasteiger partial charge in [0.05, 0.1) is 5.56 Å². The second-order valence-electron chi connectivity index (χ2n) is 4.70. The van der Waals surface area contributed by atoms with Crippen LogP contribution in [-0.4, -0.2) is 26.2 Å². The predicted octanol–water partition coefficient (Wildman–Crippen LogP) is 2.27. The molecular weight excluding hydrogens is 303 g/mol. The fourth-order valence-corrected chi connectivity index (χ4v) is 2.66. The maximum Gasteiger partial charge on any atom is 0.417 e. The van der Waals surface area contributed by atoms with Gasteiger partial charge in [0.2, 0.25) is 5.16 Å². The van der Waals surface area contributed by atoms with E-state index in [0.29, 0.717) is 17.1 Å². The summed E-state index contributed by atoms with van der Waals surface area (Å²) in [5, 5.41) is 11.0. The van der Waals surface area contributed by atoms with Gasteiger partial charge in [-0.1, -0.05) is 6.07 Å². The second-order valence-corrected chi connectivity index (χ2v) is 5.71. The van der Waals surface area contributed by atoms with Crippen molar-refractivity contribution in [1.29, 1.82) is 0 Å². The number of tetrazole rings is 1. The third-order valence-electron chi connectivity index (χ3n) is 2.69. The Kier molecular flexibility index (Phi) is 4.52. The molecule has 0 amide bonds. The summed E-state index contributed by atoms with van der Waals surface area (Å²) in [5.74, 6) is 0. The minimum absolute atomic E-state index is 0.0637. The average molecular weight is 317 g/mol. The highest BCUT2D eigenvalue weighted by Gasteiger charge is 2.34. The van der Waals surface area contributed by atoms with E-state index in [-0.39, 0.29) is 10.9 Å². The number of hydrogen-bond acceptors (Lipinski definition) is 5. The lowest BCUT2D eigenvalue weighted by molar-refractivity contribution is -0.139. The first-order chi connectivity index (χ1) is 9.77. The van der Waals surface area contributed by atoms with E-state index in [1.807, 2.05) is 0 Å². The lowest BCUT2D eigenvalue weighted by Crippen LogP contribution is -2.18. The summed E-state index contributed by atoms with van der Waals surface area (Å²) < 4.78 is 40.9. The fraction of sp³-hybridized carbons (Fsp3) is 0.417. The molecule has 1 aromatic heterocycles. The molecule has 2 rings (SSSR count). The Hall–Kier alpha value is -1.61. The molecular formula is C12H14F3N5S. The number of alkyl halides is 3. The van der Waals surface area contributed by atoms with Crippen molar-refractivity contribution < 1.29 is 13.2 Å². The minimum Gasteiger partial charge on any atom is -0.328 e. The van der Waals surface area contributed by atoms with Crippen molar-refractivity contribution in [3.8, 4) is 0 Å². The molecule has 1 aromatic carbocycles. The molecule has 0 fully saturated rings. The second kappa shape index (κ2) is 6.02. The van der Waals surface area contributed by atoms with Crippen LogP contribution in [0.5, 0.6) is 0 Å². The molecule has 9 heteroatoms. The molecule has 21 heavy (non-hydrogen) atoms. The van der Waals surface area contributed by atoms with E-state index < -0.39 is 11.7 Å². The summed E-state index contributed by atoms with van der Waals surface area (Å²) in [5.41, 5.74) is 5.49. The number of nitrogens with two attached hydrogens (primary N) is 1. The largest absolute Gasteiger partial charge is 0.417 e. The maximum absolute atomic E-state index is 13.2. The molecule has 0 saturated heterocycles. The van der Waals surface area contributed by atoms with E-state index >= 15 is 0 Å². The van der Waals surface area contributed by atoms with Crippen LogP contribution < -0.4 is 5.73 Å². The molecule has 2 N–H and O–H groups in total. The van der Waals surface area contributed by atoms with Crippen molar-refractivity contribution in [1.82, 2.24) is 20.2 Å². The van der Waals surface area contributed by atoms with Crippen molar-refractivity contribution in [3.63, 3.8) is 0 Å². The van der Waals surface area contributed by atoms with Gasteiger partial charge in [-0.2, -0.15) is 13.2 Å². The lowest BCUT2D eigenvalue weighted by atomic mass is 10.0. The Morgan fingerprint density at radius 1 is 1.38 bits per heavy atom. The van der Waals surface area contributed by atoms with Crippen LogP contribution in [-0.2, 0) is 19.6 Å². The molecule has 0 spiro atoms. The summed E-state index contributed by atoms with van der Waals surface area (Å²) in [7, 11) is 1.57. The van der Waals surface area contributed by atoms with E-state index in [0.717, 1.165) is 17.8 Å². The maximum atomic E-state index is 13.2. The summed E-state index contributed by atoms with van der Waals surface area (Å²) in [4.78, 5) is 0.0637. The first kappa shape index (κ1) is 15.8. The standard InChI is InChI=1S/C12H14F3N5S/c1-7(16)5-8-3-4-10(9(6-8)12(13,14)15)21-11-17-18-19-20(11)2/h3-4,6-7H,5,16H2,1-2H3. The number of benzene rings is 1. The molecule has 0 aliphatic carbocycles. The first-order valence-electron chi connectivity index (χ1n) is 6.13. The summed E-state index contributed by atoms with van der Waals surface area (Å²) in [6.07, 6.45) is -4.05. The zero-order valence-electron chi connectivity index (χ0n) is 11.4. The van der Waals surface area contributed by atoms with Gasteiger partial charge in [-0.3, -0.25) is 0 Å². The third-order valence-corrected chi connectivity index (χ3v) is 3.79. The van der Waals surface area contributed by atoms with Gasteiger partial charge in [0, 0.05) is 18.0 Å². The van der Waals surface area contributed by atoms with Gasteiger partial charge in [-0.25, -0.2) is 4.68 Å². The van der Waals surface area contributed by atoms with Gasteiger partial charge >= 0.3 is 6.18 Å². The Bertz CT molecular complexity index is 624. The van der Waals surface area contributed by atoms with Crippen LogP contribution >= 0.6 is 11.8 Å². The lowest BCUT2D eigenvalue weighted by Gasteiger charge is -2.14. The molecule has 0 bridgehead atoms. The quantitative estimate of drug-likeness (QED) is 0.937. The smallest absolute Gasteiger partial charge is 0.328 e. The average Bonchev–Trinajstić information content (AvgIpc) is 2.75. The molecule has 114 valence electrons. The number of hydrogen-bond donors (Lipinski definition) is 1. The summed E-state index contributed by atoms with van der Waals surface area (Å²) in [6.45, 7) is 1.75. The molecule has 0 radical (unpaired) electrons. The number of halogens is 3. The zero-order valence-corrected chi connectivity index (χ0v) is 12.2.